The topological polar surface area (TPSA) is 109 Å². The smallest absolute Gasteiger partial charge is 0.326 e. The molecule has 2 amide bonds. The molecule has 1 aromatic carbocycles. The predicted molar refractivity (Wildman–Crippen MR) is 69.2 cm³/mol. The standard InChI is InChI=1S/C11H10Cl2N2O4/c12-6-2-1-5(3-7(6)13)10(17)15-8(11(18)19)4-9(14)16/h1-3,8H,4H2,(H2,14,16)(H,15,17)(H,18,19). The Morgan fingerprint density at radius 3 is 2.37 bits per heavy atom. The molecule has 0 aliphatic rings. The van der Waals surface area contributed by atoms with Crippen LogP contribution in [0.4, 0.5) is 0 Å². The van der Waals surface area contributed by atoms with Gasteiger partial charge in [-0.25, -0.2) is 4.79 Å². The summed E-state index contributed by atoms with van der Waals surface area (Å²) in [5, 5.41) is 11.4. The Balaban J connectivity index is 2.84. The average Bonchev–Trinajstić information content (AvgIpc) is 2.31. The van der Waals surface area contributed by atoms with Crippen molar-refractivity contribution in [2.45, 2.75) is 12.5 Å². The Morgan fingerprint density at radius 2 is 1.89 bits per heavy atom. The number of carboxylic acid groups (broad SMARTS) is 1. The number of hydrogen-bond donors (Lipinski definition) is 3. The number of carbonyl (C=O) groups excluding carboxylic acids is 2. The molecule has 0 saturated carbocycles. The first kappa shape index (κ1) is 15.3. The van der Waals surface area contributed by atoms with Crippen molar-refractivity contribution < 1.29 is 19.5 Å². The zero-order valence-corrected chi connectivity index (χ0v) is 11.0. The van der Waals surface area contributed by atoms with E-state index in [1.807, 2.05) is 0 Å². The van der Waals surface area contributed by atoms with Gasteiger partial charge in [0.25, 0.3) is 5.91 Å². The molecule has 1 unspecified atom stereocenters. The minimum Gasteiger partial charge on any atom is -0.480 e. The van der Waals surface area contributed by atoms with E-state index in [9.17, 15) is 14.4 Å². The Kier molecular flexibility index (Phi) is 5.14. The van der Waals surface area contributed by atoms with E-state index < -0.39 is 30.2 Å². The van der Waals surface area contributed by atoms with Crippen molar-refractivity contribution in [2.24, 2.45) is 5.73 Å². The first-order valence-corrected chi connectivity index (χ1v) is 5.84. The Bertz CT molecular complexity index is 533. The highest BCUT2D eigenvalue weighted by Crippen LogP contribution is 2.22. The van der Waals surface area contributed by atoms with Crippen LogP contribution in [0.3, 0.4) is 0 Å². The molecule has 0 fully saturated rings. The highest BCUT2D eigenvalue weighted by molar-refractivity contribution is 6.42. The van der Waals surface area contributed by atoms with Crippen molar-refractivity contribution in [3.8, 4) is 0 Å². The third-order valence-corrected chi connectivity index (χ3v) is 2.93. The van der Waals surface area contributed by atoms with Gasteiger partial charge in [-0.15, -0.1) is 0 Å². The predicted octanol–water partition coefficient (Wildman–Crippen LogP) is 1.05. The largest absolute Gasteiger partial charge is 0.480 e. The van der Waals surface area contributed by atoms with Crippen molar-refractivity contribution in [1.29, 1.82) is 0 Å². The van der Waals surface area contributed by atoms with E-state index in [0.717, 1.165) is 0 Å². The van der Waals surface area contributed by atoms with E-state index in [0.29, 0.717) is 0 Å². The van der Waals surface area contributed by atoms with Gasteiger partial charge in [-0.05, 0) is 18.2 Å². The highest BCUT2D eigenvalue weighted by Gasteiger charge is 2.22. The lowest BCUT2D eigenvalue weighted by Gasteiger charge is -2.13. The van der Waals surface area contributed by atoms with Crippen LogP contribution in [0, 0.1) is 0 Å². The molecule has 19 heavy (non-hydrogen) atoms. The number of halogens is 2. The van der Waals surface area contributed by atoms with Crippen molar-refractivity contribution in [1.82, 2.24) is 5.32 Å². The van der Waals surface area contributed by atoms with Gasteiger partial charge in [0.15, 0.2) is 0 Å². The third-order valence-electron chi connectivity index (χ3n) is 2.19. The molecule has 1 rings (SSSR count). The van der Waals surface area contributed by atoms with Gasteiger partial charge >= 0.3 is 5.97 Å². The van der Waals surface area contributed by atoms with Gasteiger partial charge in [-0.2, -0.15) is 0 Å². The molecule has 0 aliphatic carbocycles. The summed E-state index contributed by atoms with van der Waals surface area (Å²) in [4.78, 5) is 33.3. The van der Waals surface area contributed by atoms with Gasteiger partial charge < -0.3 is 16.2 Å². The lowest BCUT2D eigenvalue weighted by molar-refractivity contribution is -0.140. The van der Waals surface area contributed by atoms with Crippen LogP contribution in [-0.2, 0) is 9.59 Å². The first-order chi connectivity index (χ1) is 8.81. The zero-order chi connectivity index (χ0) is 14.6. The first-order valence-electron chi connectivity index (χ1n) is 5.08. The molecule has 6 nitrogen and oxygen atoms in total. The van der Waals surface area contributed by atoms with Crippen molar-refractivity contribution in [3.05, 3.63) is 33.8 Å². The molecule has 8 heteroatoms. The van der Waals surface area contributed by atoms with Crippen molar-refractivity contribution in [3.63, 3.8) is 0 Å². The molecule has 0 spiro atoms. The van der Waals surface area contributed by atoms with Crippen LogP contribution in [0.2, 0.25) is 10.0 Å². The number of hydrogen-bond acceptors (Lipinski definition) is 3. The molecule has 1 atom stereocenters. The number of nitrogens with one attached hydrogen (secondary N) is 1. The number of rotatable bonds is 5. The van der Waals surface area contributed by atoms with Crippen LogP contribution in [0.5, 0.6) is 0 Å². The van der Waals surface area contributed by atoms with Gasteiger partial charge in [0.1, 0.15) is 6.04 Å². The molecule has 0 radical (unpaired) electrons. The zero-order valence-electron chi connectivity index (χ0n) is 9.52. The molecular weight excluding hydrogens is 295 g/mol. The normalized spacial score (nSPS) is 11.7. The molecule has 0 aliphatic heterocycles. The highest BCUT2D eigenvalue weighted by atomic mass is 35.5. The summed E-state index contributed by atoms with van der Waals surface area (Å²) in [5.41, 5.74) is 5.03. The van der Waals surface area contributed by atoms with Gasteiger partial charge in [-0.3, -0.25) is 9.59 Å². The summed E-state index contributed by atoms with van der Waals surface area (Å²) in [6.07, 6.45) is -0.498. The van der Waals surface area contributed by atoms with E-state index in [1.54, 1.807) is 0 Å². The summed E-state index contributed by atoms with van der Waals surface area (Å²) in [7, 11) is 0. The lowest BCUT2D eigenvalue weighted by Crippen LogP contribution is -2.43. The number of amides is 2. The SMILES string of the molecule is NC(=O)CC(NC(=O)c1ccc(Cl)c(Cl)c1)C(=O)O. The van der Waals surface area contributed by atoms with Crippen LogP contribution in [0.1, 0.15) is 16.8 Å². The third kappa shape index (κ3) is 4.42. The fourth-order valence-electron chi connectivity index (χ4n) is 1.28. The molecule has 0 bridgehead atoms. The monoisotopic (exact) mass is 304 g/mol. The molecule has 102 valence electrons. The fourth-order valence-corrected chi connectivity index (χ4v) is 1.58. The molecule has 1 aromatic rings. The number of nitrogens with two attached hydrogens (primary N) is 1. The average molecular weight is 305 g/mol. The van der Waals surface area contributed by atoms with Crippen molar-refractivity contribution >= 4 is 41.0 Å². The van der Waals surface area contributed by atoms with Gasteiger partial charge in [0.05, 0.1) is 16.5 Å². The van der Waals surface area contributed by atoms with Gasteiger partial charge in [0, 0.05) is 5.56 Å². The van der Waals surface area contributed by atoms with Crippen LogP contribution < -0.4 is 11.1 Å². The Labute approximate surface area is 118 Å². The molecule has 0 heterocycles. The van der Waals surface area contributed by atoms with Gasteiger partial charge in [0.2, 0.25) is 5.91 Å². The molecule has 0 saturated heterocycles. The minimum absolute atomic E-state index is 0.130. The van der Waals surface area contributed by atoms with E-state index in [-0.39, 0.29) is 15.6 Å². The second-order valence-corrected chi connectivity index (χ2v) is 4.48. The second kappa shape index (κ2) is 6.40. The van der Waals surface area contributed by atoms with E-state index >= 15 is 0 Å². The van der Waals surface area contributed by atoms with E-state index in [4.69, 9.17) is 34.0 Å². The number of aliphatic carboxylic acids is 1. The summed E-state index contributed by atoms with van der Waals surface area (Å²) in [5.74, 6) is -2.87. The lowest BCUT2D eigenvalue weighted by atomic mass is 10.1. The molecule has 0 aromatic heterocycles. The van der Waals surface area contributed by atoms with Crippen LogP contribution in [-0.4, -0.2) is 28.9 Å². The molecule has 4 N–H and O–H groups in total. The van der Waals surface area contributed by atoms with Crippen LogP contribution in [0.15, 0.2) is 18.2 Å². The van der Waals surface area contributed by atoms with E-state index in [2.05, 4.69) is 5.32 Å². The number of benzene rings is 1. The number of carbonyl (C=O) groups is 3. The number of carboxylic acids is 1. The summed E-state index contributed by atoms with van der Waals surface area (Å²) >= 11 is 11.4. The Hall–Kier alpha value is -1.79. The summed E-state index contributed by atoms with van der Waals surface area (Å²) in [6, 6.07) is 2.69. The van der Waals surface area contributed by atoms with Crippen LogP contribution >= 0.6 is 23.2 Å². The maximum absolute atomic E-state index is 11.8. The number of primary amides is 1. The Morgan fingerprint density at radius 1 is 1.26 bits per heavy atom. The maximum atomic E-state index is 11.8. The van der Waals surface area contributed by atoms with Crippen molar-refractivity contribution in [2.75, 3.05) is 0 Å². The summed E-state index contributed by atoms with van der Waals surface area (Å²) in [6.45, 7) is 0. The minimum atomic E-state index is -1.39. The fraction of sp³-hybridized carbons (Fsp3) is 0.182. The molecular formula is C11H10Cl2N2O4. The van der Waals surface area contributed by atoms with E-state index in [1.165, 1.54) is 18.2 Å². The summed E-state index contributed by atoms with van der Waals surface area (Å²) < 4.78 is 0. The second-order valence-electron chi connectivity index (χ2n) is 3.66. The van der Waals surface area contributed by atoms with Crippen LogP contribution in [0.25, 0.3) is 0 Å². The quantitative estimate of drug-likeness (QED) is 0.755. The van der Waals surface area contributed by atoms with Gasteiger partial charge in [-0.1, -0.05) is 23.2 Å². The maximum Gasteiger partial charge on any atom is 0.326 e.